The van der Waals surface area contributed by atoms with Crippen LogP contribution in [0.15, 0.2) is 17.1 Å². The SMILES string of the molecule is CC(C)(C)c1ccc2c(n1)N=CC2. The molecule has 13 heavy (non-hydrogen) atoms. The van der Waals surface area contributed by atoms with Crippen LogP contribution < -0.4 is 0 Å². The van der Waals surface area contributed by atoms with E-state index in [0.717, 1.165) is 17.9 Å². The minimum atomic E-state index is 0.118. The van der Waals surface area contributed by atoms with E-state index in [0.29, 0.717) is 0 Å². The number of hydrogen-bond donors (Lipinski definition) is 0. The molecular weight excluding hydrogens is 160 g/mol. The molecule has 0 spiro atoms. The zero-order valence-corrected chi connectivity index (χ0v) is 8.33. The molecule has 2 heterocycles. The summed E-state index contributed by atoms with van der Waals surface area (Å²) in [7, 11) is 0. The van der Waals surface area contributed by atoms with Gasteiger partial charge in [0.2, 0.25) is 0 Å². The van der Waals surface area contributed by atoms with Crippen molar-refractivity contribution in [3.8, 4) is 0 Å². The van der Waals surface area contributed by atoms with Gasteiger partial charge in [0.25, 0.3) is 0 Å². The maximum Gasteiger partial charge on any atom is 0.155 e. The van der Waals surface area contributed by atoms with Crippen LogP contribution in [0.2, 0.25) is 0 Å². The molecule has 0 aliphatic carbocycles. The van der Waals surface area contributed by atoms with Crippen molar-refractivity contribution >= 4 is 12.0 Å². The van der Waals surface area contributed by atoms with Crippen LogP contribution in [0.1, 0.15) is 32.0 Å². The van der Waals surface area contributed by atoms with E-state index in [1.807, 2.05) is 6.21 Å². The Hall–Kier alpha value is -1.18. The molecular formula is C11H14N2. The molecule has 0 saturated heterocycles. The fourth-order valence-electron chi connectivity index (χ4n) is 1.40. The smallest absolute Gasteiger partial charge is 0.155 e. The van der Waals surface area contributed by atoms with Gasteiger partial charge in [-0.1, -0.05) is 26.8 Å². The molecule has 0 fully saturated rings. The number of aliphatic imine (C=N–C) groups is 1. The van der Waals surface area contributed by atoms with Gasteiger partial charge in [-0.2, -0.15) is 0 Å². The number of fused-ring (bicyclic) bond motifs is 1. The lowest BCUT2D eigenvalue weighted by atomic mass is 9.91. The van der Waals surface area contributed by atoms with Gasteiger partial charge < -0.3 is 0 Å². The van der Waals surface area contributed by atoms with Crippen LogP contribution in [0, 0.1) is 0 Å². The van der Waals surface area contributed by atoms with E-state index in [9.17, 15) is 0 Å². The maximum atomic E-state index is 4.53. The molecule has 0 radical (unpaired) electrons. The van der Waals surface area contributed by atoms with Crippen LogP contribution in [0.3, 0.4) is 0 Å². The molecule has 0 unspecified atom stereocenters. The van der Waals surface area contributed by atoms with Crippen molar-refractivity contribution in [1.82, 2.24) is 4.98 Å². The Morgan fingerprint density at radius 3 is 2.69 bits per heavy atom. The minimum Gasteiger partial charge on any atom is -0.241 e. The van der Waals surface area contributed by atoms with E-state index in [4.69, 9.17) is 0 Å². The first-order valence-corrected chi connectivity index (χ1v) is 4.60. The lowest BCUT2D eigenvalue weighted by Gasteiger charge is -2.17. The van der Waals surface area contributed by atoms with Crippen molar-refractivity contribution in [2.75, 3.05) is 0 Å². The summed E-state index contributed by atoms with van der Waals surface area (Å²) >= 11 is 0. The number of rotatable bonds is 0. The van der Waals surface area contributed by atoms with Crippen molar-refractivity contribution in [3.63, 3.8) is 0 Å². The zero-order chi connectivity index (χ0) is 9.47. The summed E-state index contributed by atoms with van der Waals surface area (Å²) in [4.78, 5) is 8.76. The summed E-state index contributed by atoms with van der Waals surface area (Å²) in [6.07, 6.45) is 2.86. The minimum absolute atomic E-state index is 0.118. The maximum absolute atomic E-state index is 4.53. The summed E-state index contributed by atoms with van der Waals surface area (Å²) in [5, 5.41) is 0. The van der Waals surface area contributed by atoms with Crippen LogP contribution in [0.5, 0.6) is 0 Å². The van der Waals surface area contributed by atoms with E-state index in [1.54, 1.807) is 0 Å². The Morgan fingerprint density at radius 1 is 1.23 bits per heavy atom. The second-order valence-electron chi connectivity index (χ2n) is 4.45. The zero-order valence-electron chi connectivity index (χ0n) is 8.33. The Bertz CT molecular complexity index is 359. The Balaban J connectivity index is 2.47. The van der Waals surface area contributed by atoms with Gasteiger partial charge in [-0.05, 0) is 6.07 Å². The van der Waals surface area contributed by atoms with Crippen LogP contribution in [0.25, 0.3) is 0 Å². The number of nitrogens with zero attached hydrogens (tertiary/aromatic N) is 2. The van der Waals surface area contributed by atoms with E-state index in [1.165, 1.54) is 5.56 Å². The van der Waals surface area contributed by atoms with Crippen molar-refractivity contribution in [1.29, 1.82) is 0 Å². The molecule has 0 amide bonds. The van der Waals surface area contributed by atoms with E-state index >= 15 is 0 Å². The fourth-order valence-corrected chi connectivity index (χ4v) is 1.40. The standard InChI is InChI=1S/C11H14N2/c1-11(2,3)9-5-4-8-6-7-12-10(8)13-9/h4-5,7H,6H2,1-3H3. The van der Waals surface area contributed by atoms with Gasteiger partial charge in [0, 0.05) is 29.3 Å². The van der Waals surface area contributed by atoms with Gasteiger partial charge in [0.15, 0.2) is 5.82 Å². The number of aromatic nitrogens is 1. The monoisotopic (exact) mass is 174 g/mol. The molecule has 0 bridgehead atoms. The summed E-state index contributed by atoms with van der Waals surface area (Å²) in [5.41, 5.74) is 2.48. The van der Waals surface area contributed by atoms with Crippen molar-refractivity contribution in [2.24, 2.45) is 4.99 Å². The highest BCUT2D eigenvalue weighted by atomic mass is 14.9. The number of hydrogen-bond acceptors (Lipinski definition) is 2. The van der Waals surface area contributed by atoms with Crippen molar-refractivity contribution in [2.45, 2.75) is 32.6 Å². The van der Waals surface area contributed by atoms with Crippen LogP contribution in [0.4, 0.5) is 5.82 Å². The Morgan fingerprint density at radius 2 is 2.00 bits per heavy atom. The largest absolute Gasteiger partial charge is 0.241 e. The molecule has 1 aromatic rings. The first-order chi connectivity index (χ1) is 6.07. The topological polar surface area (TPSA) is 25.2 Å². The first-order valence-electron chi connectivity index (χ1n) is 4.60. The highest BCUT2D eigenvalue weighted by molar-refractivity contribution is 5.73. The van der Waals surface area contributed by atoms with Gasteiger partial charge in [-0.25, -0.2) is 9.98 Å². The Kier molecular flexibility index (Phi) is 1.72. The highest BCUT2D eigenvalue weighted by Crippen LogP contribution is 2.27. The van der Waals surface area contributed by atoms with Gasteiger partial charge in [0.05, 0.1) is 0 Å². The third-order valence-corrected chi connectivity index (χ3v) is 2.25. The van der Waals surface area contributed by atoms with Crippen LogP contribution in [-0.2, 0) is 11.8 Å². The first kappa shape index (κ1) is 8.42. The third kappa shape index (κ3) is 1.48. The summed E-state index contributed by atoms with van der Waals surface area (Å²) in [6, 6.07) is 4.24. The highest BCUT2D eigenvalue weighted by Gasteiger charge is 2.17. The molecule has 0 N–H and O–H groups in total. The van der Waals surface area contributed by atoms with Gasteiger partial charge in [-0.3, -0.25) is 0 Å². The summed E-state index contributed by atoms with van der Waals surface area (Å²) < 4.78 is 0. The molecule has 68 valence electrons. The van der Waals surface area contributed by atoms with Crippen LogP contribution in [-0.4, -0.2) is 11.2 Å². The molecule has 0 saturated carbocycles. The van der Waals surface area contributed by atoms with Crippen LogP contribution >= 0.6 is 0 Å². The van der Waals surface area contributed by atoms with Gasteiger partial charge >= 0.3 is 0 Å². The molecule has 2 rings (SSSR count). The molecule has 1 aromatic heterocycles. The quantitative estimate of drug-likeness (QED) is 0.593. The predicted octanol–water partition coefficient (Wildman–Crippen LogP) is 2.64. The second-order valence-corrected chi connectivity index (χ2v) is 4.45. The van der Waals surface area contributed by atoms with Crippen molar-refractivity contribution < 1.29 is 0 Å². The van der Waals surface area contributed by atoms with Gasteiger partial charge in [0.1, 0.15) is 0 Å². The van der Waals surface area contributed by atoms with E-state index in [-0.39, 0.29) is 5.41 Å². The summed E-state index contributed by atoms with van der Waals surface area (Å²) in [6.45, 7) is 6.50. The van der Waals surface area contributed by atoms with E-state index in [2.05, 4.69) is 42.9 Å². The lowest BCUT2D eigenvalue weighted by Crippen LogP contribution is -2.13. The molecule has 2 heteroatoms. The normalized spacial score (nSPS) is 14.7. The number of pyridine rings is 1. The average molecular weight is 174 g/mol. The second kappa shape index (κ2) is 2.66. The molecule has 0 aromatic carbocycles. The fraction of sp³-hybridized carbons (Fsp3) is 0.455. The molecule has 0 atom stereocenters. The lowest BCUT2D eigenvalue weighted by molar-refractivity contribution is 0.569. The predicted molar refractivity (Wildman–Crippen MR) is 54.8 cm³/mol. The van der Waals surface area contributed by atoms with Gasteiger partial charge in [-0.15, -0.1) is 0 Å². The van der Waals surface area contributed by atoms with Crippen molar-refractivity contribution in [3.05, 3.63) is 23.4 Å². The molecule has 1 aliphatic rings. The molecule has 1 aliphatic heterocycles. The summed E-state index contributed by atoms with van der Waals surface area (Å²) in [5.74, 6) is 0.910. The molecule has 2 nitrogen and oxygen atoms in total. The van der Waals surface area contributed by atoms with E-state index < -0.39 is 0 Å². The Labute approximate surface area is 78.7 Å². The third-order valence-electron chi connectivity index (χ3n) is 2.25. The average Bonchev–Trinajstić information content (AvgIpc) is 2.47.